The Hall–Kier alpha value is -0.580. The molecule has 20 heavy (non-hydrogen) atoms. The third kappa shape index (κ3) is 3.02. The van der Waals surface area contributed by atoms with Gasteiger partial charge in [0.25, 0.3) is 0 Å². The van der Waals surface area contributed by atoms with E-state index in [2.05, 4.69) is 22.1 Å². The Morgan fingerprint density at radius 1 is 1.45 bits per heavy atom. The molecule has 2 N–H and O–H groups in total. The molecule has 1 saturated heterocycles. The van der Waals surface area contributed by atoms with Crippen molar-refractivity contribution in [3.8, 4) is 0 Å². The highest BCUT2D eigenvalue weighted by Crippen LogP contribution is 2.33. The minimum absolute atomic E-state index is 0. The zero-order valence-corrected chi connectivity index (χ0v) is 13.5. The molecule has 2 heterocycles. The van der Waals surface area contributed by atoms with Crippen molar-refractivity contribution >= 4 is 29.7 Å². The lowest BCUT2D eigenvalue weighted by Crippen LogP contribution is -2.57. The predicted molar refractivity (Wildman–Crippen MR) is 85.6 cm³/mol. The van der Waals surface area contributed by atoms with Gasteiger partial charge in [-0.15, -0.1) is 23.7 Å². The van der Waals surface area contributed by atoms with Crippen LogP contribution in [0.5, 0.6) is 0 Å². The van der Waals surface area contributed by atoms with Crippen LogP contribution in [0.2, 0.25) is 0 Å². The summed E-state index contributed by atoms with van der Waals surface area (Å²) in [5, 5.41) is 8.82. The Bertz CT molecular complexity index is 468. The Morgan fingerprint density at radius 3 is 3.05 bits per heavy atom. The first kappa shape index (κ1) is 15.8. The first-order valence-electron chi connectivity index (χ1n) is 7.31. The molecule has 1 amide bonds. The number of thiophene rings is 1. The smallest absolute Gasteiger partial charge is 0.240 e. The third-order valence-electron chi connectivity index (χ3n) is 4.48. The van der Waals surface area contributed by atoms with E-state index in [4.69, 9.17) is 0 Å². The molecule has 2 aliphatic rings. The molecule has 0 bridgehead atoms. The normalized spacial score (nSPS) is 29.1. The van der Waals surface area contributed by atoms with Gasteiger partial charge in [-0.05, 0) is 69.0 Å². The predicted octanol–water partition coefficient (Wildman–Crippen LogP) is 3.20. The Morgan fingerprint density at radius 2 is 2.30 bits per heavy atom. The molecule has 1 fully saturated rings. The van der Waals surface area contributed by atoms with E-state index >= 15 is 0 Å². The number of amides is 1. The average Bonchev–Trinajstić information content (AvgIpc) is 2.89. The number of hydrogen-bond acceptors (Lipinski definition) is 3. The van der Waals surface area contributed by atoms with Crippen molar-refractivity contribution in [3.05, 3.63) is 21.9 Å². The van der Waals surface area contributed by atoms with Crippen LogP contribution < -0.4 is 10.6 Å². The second kappa shape index (κ2) is 6.46. The zero-order chi connectivity index (χ0) is 13.3. The molecule has 1 aliphatic carbocycles. The van der Waals surface area contributed by atoms with Crippen LogP contribution in [0.25, 0.3) is 0 Å². The van der Waals surface area contributed by atoms with Crippen molar-refractivity contribution in [3.63, 3.8) is 0 Å². The molecule has 3 rings (SSSR count). The summed E-state index contributed by atoms with van der Waals surface area (Å²) in [5.74, 6) is 0.177. The van der Waals surface area contributed by atoms with Gasteiger partial charge in [-0.25, -0.2) is 0 Å². The zero-order valence-electron chi connectivity index (χ0n) is 11.9. The maximum Gasteiger partial charge on any atom is 0.240 e. The van der Waals surface area contributed by atoms with Crippen LogP contribution in [0.15, 0.2) is 11.4 Å². The van der Waals surface area contributed by atoms with Crippen LogP contribution in [0.1, 0.15) is 55.5 Å². The molecule has 2 unspecified atom stereocenters. The number of nitrogens with one attached hydrogen (secondary N) is 2. The topological polar surface area (TPSA) is 41.1 Å². The van der Waals surface area contributed by atoms with E-state index in [9.17, 15) is 4.79 Å². The Labute approximate surface area is 130 Å². The van der Waals surface area contributed by atoms with Gasteiger partial charge in [-0.1, -0.05) is 0 Å². The highest BCUT2D eigenvalue weighted by atomic mass is 35.5. The van der Waals surface area contributed by atoms with Gasteiger partial charge >= 0.3 is 0 Å². The fourth-order valence-corrected chi connectivity index (χ4v) is 4.19. The lowest BCUT2D eigenvalue weighted by atomic mass is 9.88. The number of hydrogen-bond donors (Lipinski definition) is 2. The van der Waals surface area contributed by atoms with Crippen molar-refractivity contribution in [2.45, 2.75) is 57.0 Å². The SMILES string of the molecule is CC1(C(=O)NC2CCCc3sccc32)CCCCN1.Cl. The first-order valence-corrected chi connectivity index (χ1v) is 8.19. The molecule has 5 heteroatoms. The second-order valence-electron chi connectivity index (χ2n) is 5.93. The maximum atomic E-state index is 12.5. The molecule has 2 atom stereocenters. The molecule has 0 spiro atoms. The number of halogens is 1. The maximum absolute atomic E-state index is 12.5. The van der Waals surface area contributed by atoms with Crippen LogP contribution in [-0.2, 0) is 11.2 Å². The molecule has 3 nitrogen and oxygen atoms in total. The van der Waals surface area contributed by atoms with Crippen molar-refractivity contribution < 1.29 is 4.79 Å². The minimum atomic E-state index is -0.369. The fourth-order valence-electron chi connectivity index (χ4n) is 3.20. The molecule has 1 aromatic heterocycles. The van der Waals surface area contributed by atoms with Crippen LogP contribution in [0.3, 0.4) is 0 Å². The largest absolute Gasteiger partial charge is 0.348 e. The van der Waals surface area contributed by atoms with Crippen LogP contribution in [-0.4, -0.2) is 18.0 Å². The van der Waals surface area contributed by atoms with Crippen molar-refractivity contribution in [1.82, 2.24) is 10.6 Å². The van der Waals surface area contributed by atoms with Gasteiger partial charge < -0.3 is 10.6 Å². The number of carbonyl (C=O) groups excluding carboxylic acids is 1. The number of rotatable bonds is 2. The van der Waals surface area contributed by atoms with E-state index in [1.54, 1.807) is 0 Å². The summed E-state index contributed by atoms with van der Waals surface area (Å²) in [5.41, 5.74) is 0.982. The van der Waals surface area contributed by atoms with E-state index in [-0.39, 0.29) is 29.9 Å². The van der Waals surface area contributed by atoms with Gasteiger partial charge in [-0.3, -0.25) is 4.79 Å². The van der Waals surface area contributed by atoms with E-state index in [0.717, 1.165) is 25.8 Å². The lowest BCUT2D eigenvalue weighted by Gasteiger charge is -2.35. The quantitative estimate of drug-likeness (QED) is 0.880. The van der Waals surface area contributed by atoms with E-state index in [1.807, 2.05) is 18.3 Å². The highest BCUT2D eigenvalue weighted by molar-refractivity contribution is 7.10. The van der Waals surface area contributed by atoms with Crippen LogP contribution in [0.4, 0.5) is 0 Å². The van der Waals surface area contributed by atoms with Crippen molar-refractivity contribution in [1.29, 1.82) is 0 Å². The number of fused-ring (bicyclic) bond motifs is 1. The van der Waals surface area contributed by atoms with Gasteiger partial charge in [0, 0.05) is 4.88 Å². The summed E-state index contributed by atoms with van der Waals surface area (Å²) in [6.45, 7) is 3.00. The molecule has 1 aromatic rings. The monoisotopic (exact) mass is 314 g/mol. The number of carbonyl (C=O) groups is 1. The lowest BCUT2D eigenvalue weighted by molar-refractivity contribution is -0.128. The van der Waals surface area contributed by atoms with Gasteiger partial charge in [0.05, 0.1) is 11.6 Å². The molecule has 0 radical (unpaired) electrons. The van der Waals surface area contributed by atoms with Gasteiger partial charge in [0.2, 0.25) is 5.91 Å². The Kier molecular flexibility index (Phi) is 5.10. The number of piperidine rings is 1. The summed E-state index contributed by atoms with van der Waals surface area (Å²) < 4.78 is 0. The molecular weight excluding hydrogens is 292 g/mol. The van der Waals surface area contributed by atoms with Gasteiger partial charge in [0.1, 0.15) is 0 Å². The standard InChI is InChI=1S/C15H22N2OS.ClH/c1-15(8-2-3-9-16-15)14(18)17-12-5-4-6-13-11(12)7-10-19-13;/h7,10,12,16H,2-6,8-9H2,1H3,(H,17,18);1H. The van der Waals surface area contributed by atoms with Crippen LogP contribution in [0, 0.1) is 0 Å². The van der Waals surface area contributed by atoms with Gasteiger partial charge in [0.15, 0.2) is 0 Å². The van der Waals surface area contributed by atoms with Crippen molar-refractivity contribution in [2.75, 3.05) is 6.54 Å². The molecule has 112 valence electrons. The molecular formula is C15H23ClN2OS. The first-order chi connectivity index (χ1) is 9.19. The second-order valence-corrected chi connectivity index (χ2v) is 6.93. The van der Waals surface area contributed by atoms with E-state index in [0.29, 0.717) is 0 Å². The molecule has 0 aromatic carbocycles. The minimum Gasteiger partial charge on any atom is -0.348 e. The summed E-state index contributed by atoms with van der Waals surface area (Å²) >= 11 is 1.82. The van der Waals surface area contributed by atoms with Crippen molar-refractivity contribution in [2.24, 2.45) is 0 Å². The summed E-state index contributed by atoms with van der Waals surface area (Å²) in [6, 6.07) is 2.41. The Balaban J connectivity index is 0.00000147. The highest BCUT2D eigenvalue weighted by Gasteiger charge is 2.36. The molecule has 1 aliphatic heterocycles. The average molecular weight is 315 g/mol. The van der Waals surface area contributed by atoms with E-state index in [1.165, 1.54) is 29.7 Å². The van der Waals surface area contributed by atoms with Crippen LogP contribution >= 0.6 is 23.7 Å². The third-order valence-corrected chi connectivity index (χ3v) is 5.47. The fraction of sp³-hybridized carbons (Fsp3) is 0.667. The summed E-state index contributed by atoms with van der Waals surface area (Å²) in [4.78, 5) is 14.0. The van der Waals surface area contributed by atoms with E-state index < -0.39 is 0 Å². The summed E-state index contributed by atoms with van der Waals surface area (Å²) in [7, 11) is 0. The summed E-state index contributed by atoms with van der Waals surface area (Å²) in [6.07, 6.45) is 6.71. The molecule has 0 saturated carbocycles. The number of aryl methyl sites for hydroxylation is 1. The van der Waals surface area contributed by atoms with Gasteiger partial charge in [-0.2, -0.15) is 0 Å².